The smallest absolute Gasteiger partial charge is 0.246 e. The molecule has 5 aromatic rings. The van der Waals surface area contributed by atoms with Gasteiger partial charge in [0.15, 0.2) is 0 Å². The molecule has 0 saturated heterocycles. The van der Waals surface area contributed by atoms with Crippen LogP contribution in [0.3, 0.4) is 0 Å². The third-order valence-electron chi connectivity index (χ3n) is 8.92. The Hall–Kier alpha value is -5.28. The first-order valence-electron chi connectivity index (χ1n) is 17.0. The second-order valence-electron chi connectivity index (χ2n) is 12.3. The van der Waals surface area contributed by atoms with Gasteiger partial charge in [0.05, 0.1) is 25.3 Å². The second-order valence-corrected chi connectivity index (χ2v) is 12.3. The van der Waals surface area contributed by atoms with Gasteiger partial charge in [-0.1, -0.05) is 115 Å². The summed E-state index contributed by atoms with van der Waals surface area (Å²) in [4.78, 5) is 26.8. The lowest BCUT2D eigenvalue weighted by atomic mass is 9.77. The van der Waals surface area contributed by atoms with E-state index in [-0.39, 0.29) is 18.4 Å². The summed E-state index contributed by atoms with van der Waals surface area (Å²) in [5, 5.41) is 19.1. The van der Waals surface area contributed by atoms with E-state index < -0.39 is 17.6 Å². The van der Waals surface area contributed by atoms with Gasteiger partial charge in [-0.05, 0) is 84.3 Å². The van der Waals surface area contributed by atoms with Crippen molar-refractivity contribution >= 4 is 17.5 Å². The molecular weight excluding hydrogens is 624 g/mol. The number of unbranched alkanes of at least 4 members (excludes halogenated alkanes) is 1. The number of carbonyl (C=O) groups is 2. The van der Waals surface area contributed by atoms with Crippen molar-refractivity contribution in [3.8, 4) is 5.75 Å². The summed E-state index contributed by atoms with van der Waals surface area (Å²) >= 11 is 0. The fourth-order valence-corrected chi connectivity index (χ4v) is 6.20. The molecule has 5 aromatic carbocycles. The number of rotatable bonds is 17. The van der Waals surface area contributed by atoms with E-state index in [9.17, 15) is 14.7 Å². The molecule has 8 heteroatoms. The largest absolute Gasteiger partial charge is 0.497 e. The Kier molecular flexibility index (Phi) is 12.9. The van der Waals surface area contributed by atoms with Crippen LogP contribution >= 0.6 is 0 Å². The van der Waals surface area contributed by atoms with E-state index in [1.165, 1.54) is 0 Å². The van der Waals surface area contributed by atoms with E-state index in [0.29, 0.717) is 31.5 Å². The van der Waals surface area contributed by atoms with Gasteiger partial charge < -0.3 is 26.2 Å². The number of amides is 2. The van der Waals surface area contributed by atoms with Gasteiger partial charge in [0.1, 0.15) is 11.8 Å². The van der Waals surface area contributed by atoms with Crippen molar-refractivity contribution < 1.29 is 19.4 Å². The molecule has 0 bridgehead atoms. The predicted octanol–water partition coefficient (Wildman–Crippen LogP) is 5.93. The Morgan fingerprint density at radius 1 is 0.700 bits per heavy atom. The molecule has 0 aromatic heterocycles. The third kappa shape index (κ3) is 9.24. The number of hydrogen-bond donors (Lipinski definition) is 5. The quantitative estimate of drug-likeness (QED) is 0.0617. The van der Waals surface area contributed by atoms with Crippen LogP contribution in [0.2, 0.25) is 0 Å². The number of ether oxygens (including phenoxy) is 1. The van der Waals surface area contributed by atoms with Gasteiger partial charge in [0.2, 0.25) is 11.8 Å². The highest BCUT2D eigenvalue weighted by atomic mass is 16.5. The molecule has 0 fully saturated rings. The highest BCUT2D eigenvalue weighted by Gasteiger charge is 2.35. The maximum absolute atomic E-state index is 13.6. The Morgan fingerprint density at radius 2 is 1.26 bits per heavy atom. The SMILES string of the molecule is COc1ccc(C(NCCCC[C@@H](NC(=O)[C@H](N)Cc2ccccc2)C(=O)Nc2ccc(CO)cc2)(c2ccccc2)c2ccccc2)cc1. The van der Waals surface area contributed by atoms with Crippen molar-refractivity contribution in [2.45, 2.75) is 49.9 Å². The fraction of sp³-hybridized carbons (Fsp3) is 0.238. The Balaban J connectivity index is 1.32. The van der Waals surface area contributed by atoms with Crippen LogP contribution in [0.1, 0.15) is 47.1 Å². The lowest BCUT2D eigenvalue weighted by molar-refractivity contribution is -0.127. The fourth-order valence-electron chi connectivity index (χ4n) is 6.20. The van der Waals surface area contributed by atoms with E-state index in [1.807, 2.05) is 78.9 Å². The van der Waals surface area contributed by atoms with Crippen molar-refractivity contribution in [3.05, 3.63) is 167 Å². The first-order valence-corrected chi connectivity index (χ1v) is 17.0. The minimum Gasteiger partial charge on any atom is -0.497 e. The molecule has 2 atom stereocenters. The number of carbonyl (C=O) groups excluding carboxylic acids is 2. The molecule has 0 aliphatic heterocycles. The number of aliphatic hydroxyl groups is 1. The molecule has 0 aliphatic carbocycles. The van der Waals surface area contributed by atoms with E-state index in [2.05, 4.69) is 52.3 Å². The van der Waals surface area contributed by atoms with Crippen LogP contribution in [0.15, 0.2) is 140 Å². The number of benzene rings is 5. The van der Waals surface area contributed by atoms with Gasteiger partial charge in [-0.3, -0.25) is 14.9 Å². The molecule has 0 spiro atoms. The monoisotopic (exact) mass is 670 g/mol. The lowest BCUT2D eigenvalue weighted by Gasteiger charge is -2.37. The van der Waals surface area contributed by atoms with Crippen LogP contribution < -0.4 is 26.4 Å². The Labute approximate surface area is 294 Å². The van der Waals surface area contributed by atoms with Crippen molar-refractivity contribution in [3.63, 3.8) is 0 Å². The zero-order valence-corrected chi connectivity index (χ0v) is 28.4. The first kappa shape index (κ1) is 36.0. The summed E-state index contributed by atoms with van der Waals surface area (Å²) in [6.07, 6.45) is 2.17. The van der Waals surface area contributed by atoms with Crippen LogP contribution in [0.4, 0.5) is 5.69 Å². The van der Waals surface area contributed by atoms with Crippen LogP contribution in [-0.2, 0) is 28.2 Å². The Bertz CT molecular complexity index is 1730. The minimum atomic E-state index is -0.805. The van der Waals surface area contributed by atoms with Crippen molar-refractivity contribution in [1.82, 2.24) is 10.6 Å². The summed E-state index contributed by atoms with van der Waals surface area (Å²) in [6, 6.07) is 43.8. The predicted molar refractivity (Wildman–Crippen MR) is 199 cm³/mol. The van der Waals surface area contributed by atoms with Gasteiger partial charge >= 0.3 is 0 Å². The summed E-state index contributed by atoms with van der Waals surface area (Å²) in [7, 11) is 1.66. The number of nitrogens with one attached hydrogen (secondary N) is 3. The molecule has 0 radical (unpaired) electrons. The van der Waals surface area contributed by atoms with Crippen molar-refractivity contribution in [2.24, 2.45) is 5.73 Å². The molecule has 8 nitrogen and oxygen atoms in total. The lowest BCUT2D eigenvalue weighted by Crippen LogP contribution is -2.50. The van der Waals surface area contributed by atoms with Gasteiger partial charge in [-0.15, -0.1) is 0 Å². The second kappa shape index (κ2) is 17.9. The van der Waals surface area contributed by atoms with Gasteiger partial charge in [0, 0.05) is 5.69 Å². The van der Waals surface area contributed by atoms with E-state index in [4.69, 9.17) is 10.5 Å². The third-order valence-corrected chi connectivity index (χ3v) is 8.92. The number of hydrogen-bond acceptors (Lipinski definition) is 6. The maximum atomic E-state index is 13.6. The summed E-state index contributed by atoms with van der Waals surface area (Å²) < 4.78 is 5.47. The van der Waals surface area contributed by atoms with Gasteiger partial charge in [0.25, 0.3) is 0 Å². The maximum Gasteiger partial charge on any atom is 0.246 e. The average molecular weight is 671 g/mol. The summed E-state index contributed by atoms with van der Waals surface area (Å²) in [6.45, 7) is 0.544. The molecule has 0 saturated carbocycles. The number of nitrogens with two attached hydrogens (primary N) is 1. The molecule has 0 aliphatic rings. The topological polar surface area (TPSA) is 126 Å². The van der Waals surface area contributed by atoms with Crippen LogP contribution in [-0.4, -0.2) is 42.7 Å². The van der Waals surface area contributed by atoms with E-state index in [0.717, 1.165) is 40.0 Å². The molecule has 5 rings (SSSR count). The molecular formula is C42H46N4O4. The highest BCUT2D eigenvalue weighted by molar-refractivity contribution is 5.97. The highest BCUT2D eigenvalue weighted by Crippen LogP contribution is 2.37. The summed E-state index contributed by atoms with van der Waals surface area (Å²) in [5.74, 6) is 0.0773. The van der Waals surface area contributed by atoms with Crippen molar-refractivity contribution in [1.29, 1.82) is 0 Å². The van der Waals surface area contributed by atoms with Gasteiger partial charge in [-0.2, -0.15) is 0 Å². The van der Waals surface area contributed by atoms with Crippen LogP contribution in [0.5, 0.6) is 5.75 Å². The average Bonchev–Trinajstić information content (AvgIpc) is 3.17. The Morgan fingerprint density at radius 3 is 1.82 bits per heavy atom. The number of anilines is 1. The van der Waals surface area contributed by atoms with E-state index in [1.54, 1.807) is 31.4 Å². The standard InChI is InChI=1S/C42H46N4O4/c1-50-37-26-22-35(23-27-37)42(33-15-7-3-8-16-33,34-17-9-4-10-18-34)44-28-12-11-19-39(41(49)45-36-24-20-32(30-47)21-25-36)46-40(48)38(43)29-31-13-5-2-6-14-31/h2-10,13-18,20-27,38-39,44,47H,11-12,19,28-30,43H2,1H3,(H,45,49)(H,46,48)/t38-,39-/m1/s1. The molecule has 2 amide bonds. The van der Waals surface area contributed by atoms with Crippen LogP contribution in [0.25, 0.3) is 0 Å². The molecule has 0 heterocycles. The van der Waals surface area contributed by atoms with Gasteiger partial charge in [-0.25, -0.2) is 0 Å². The zero-order chi connectivity index (χ0) is 35.2. The zero-order valence-electron chi connectivity index (χ0n) is 28.4. The molecule has 258 valence electrons. The number of aliphatic hydroxyl groups excluding tert-OH is 1. The molecule has 0 unspecified atom stereocenters. The first-order chi connectivity index (χ1) is 24.4. The van der Waals surface area contributed by atoms with Crippen molar-refractivity contribution in [2.75, 3.05) is 19.0 Å². The summed E-state index contributed by atoms with van der Waals surface area (Å²) in [5.41, 5.74) is 11.2. The number of methoxy groups -OCH3 is 1. The van der Waals surface area contributed by atoms with E-state index >= 15 is 0 Å². The molecule has 50 heavy (non-hydrogen) atoms. The normalized spacial score (nSPS) is 12.5. The van der Waals surface area contributed by atoms with Crippen LogP contribution in [0, 0.1) is 0 Å². The molecule has 6 N–H and O–H groups in total. The minimum absolute atomic E-state index is 0.0887.